The molecule has 0 radical (unpaired) electrons. The minimum absolute atomic E-state index is 0.0416. The van der Waals surface area contributed by atoms with E-state index in [1.54, 1.807) is 14.0 Å². The Hall–Kier alpha value is -0.630. The van der Waals surface area contributed by atoms with Gasteiger partial charge in [-0.15, -0.1) is 0 Å². The van der Waals surface area contributed by atoms with Gasteiger partial charge in [-0.05, 0) is 6.92 Å². The summed E-state index contributed by atoms with van der Waals surface area (Å²) in [5.74, 6) is 0. The van der Waals surface area contributed by atoms with Gasteiger partial charge in [0.2, 0.25) is 10.0 Å². The lowest BCUT2D eigenvalue weighted by molar-refractivity contribution is 0.301. The van der Waals surface area contributed by atoms with Gasteiger partial charge in [0.05, 0.1) is 12.3 Å². The molecule has 0 saturated heterocycles. The molecule has 0 bridgehead atoms. The van der Waals surface area contributed by atoms with Crippen molar-refractivity contribution in [1.29, 1.82) is 0 Å². The van der Waals surface area contributed by atoms with Gasteiger partial charge < -0.3 is 5.11 Å². The SMILES string of the molecule is Cc1nn(C)c(Cl)c1S(=O)(=O)NCCO. The van der Waals surface area contributed by atoms with Crippen LogP contribution in [0.25, 0.3) is 0 Å². The number of hydrogen-bond acceptors (Lipinski definition) is 4. The van der Waals surface area contributed by atoms with Crippen LogP contribution in [-0.4, -0.2) is 36.5 Å². The third-order valence-electron chi connectivity index (χ3n) is 1.77. The number of rotatable bonds is 4. The monoisotopic (exact) mass is 253 g/mol. The molecule has 0 amide bonds. The molecule has 1 aromatic heterocycles. The normalized spacial score (nSPS) is 12.0. The molecule has 0 saturated carbocycles. The number of halogens is 1. The third-order valence-corrected chi connectivity index (χ3v) is 3.93. The Morgan fingerprint density at radius 3 is 2.60 bits per heavy atom. The molecule has 1 heterocycles. The van der Waals surface area contributed by atoms with Crippen molar-refractivity contribution in [3.8, 4) is 0 Å². The second kappa shape index (κ2) is 4.48. The van der Waals surface area contributed by atoms with Crippen LogP contribution in [0.1, 0.15) is 5.69 Å². The predicted molar refractivity (Wildman–Crippen MR) is 55.2 cm³/mol. The van der Waals surface area contributed by atoms with E-state index in [1.807, 2.05) is 0 Å². The van der Waals surface area contributed by atoms with Crippen molar-refractivity contribution in [3.05, 3.63) is 10.8 Å². The molecule has 0 atom stereocenters. The predicted octanol–water partition coefficient (Wildman–Crippen LogP) is -0.347. The summed E-state index contributed by atoms with van der Waals surface area (Å²) < 4.78 is 26.9. The van der Waals surface area contributed by atoms with Crippen molar-refractivity contribution in [2.24, 2.45) is 7.05 Å². The Morgan fingerprint density at radius 2 is 2.20 bits per heavy atom. The molecule has 8 heteroatoms. The van der Waals surface area contributed by atoms with E-state index < -0.39 is 10.0 Å². The molecule has 0 aliphatic rings. The van der Waals surface area contributed by atoms with Gasteiger partial charge in [0, 0.05) is 13.6 Å². The van der Waals surface area contributed by atoms with Crippen LogP contribution in [0.4, 0.5) is 0 Å². The third kappa shape index (κ3) is 2.49. The number of aliphatic hydroxyl groups excluding tert-OH is 1. The van der Waals surface area contributed by atoms with Crippen molar-refractivity contribution in [2.45, 2.75) is 11.8 Å². The molecule has 6 nitrogen and oxygen atoms in total. The number of aliphatic hydroxyl groups is 1. The largest absolute Gasteiger partial charge is 0.395 e. The lowest BCUT2D eigenvalue weighted by Crippen LogP contribution is -2.27. The second-order valence-corrected chi connectivity index (χ2v) is 5.01. The molecule has 0 aliphatic heterocycles. The van der Waals surface area contributed by atoms with E-state index in [2.05, 4.69) is 9.82 Å². The van der Waals surface area contributed by atoms with E-state index in [-0.39, 0.29) is 23.2 Å². The van der Waals surface area contributed by atoms with E-state index in [1.165, 1.54) is 4.68 Å². The van der Waals surface area contributed by atoms with Crippen molar-refractivity contribution in [3.63, 3.8) is 0 Å². The van der Waals surface area contributed by atoms with Gasteiger partial charge >= 0.3 is 0 Å². The van der Waals surface area contributed by atoms with Gasteiger partial charge in [0.25, 0.3) is 0 Å². The average Bonchev–Trinajstić information content (AvgIpc) is 2.38. The summed E-state index contributed by atoms with van der Waals surface area (Å²) in [4.78, 5) is -0.0416. The Bertz CT molecular complexity index is 454. The molecular weight excluding hydrogens is 242 g/mol. The minimum Gasteiger partial charge on any atom is -0.395 e. The first-order chi connectivity index (χ1) is 6.90. The summed E-state index contributed by atoms with van der Waals surface area (Å²) >= 11 is 5.80. The van der Waals surface area contributed by atoms with Crippen LogP contribution in [-0.2, 0) is 17.1 Å². The summed E-state index contributed by atoms with van der Waals surface area (Å²) in [6.45, 7) is 1.24. The number of nitrogens with zero attached hydrogens (tertiary/aromatic N) is 2. The summed E-state index contributed by atoms with van der Waals surface area (Å²) in [6.07, 6.45) is 0. The summed E-state index contributed by atoms with van der Waals surface area (Å²) in [5, 5.41) is 12.5. The van der Waals surface area contributed by atoms with E-state index in [4.69, 9.17) is 16.7 Å². The fourth-order valence-electron chi connectivity index (χ4n) is 1.17. The zero-order valence-corrected chi connectivity index (χ0v) is 9.93. The summed E-state index contributed by atoms with van der Waals surface area (Å²) in [7, 11) is -2.13. The zero-order valence-electron chi connectivity index (χ0n) is 8.36. The van der Waals surface area contributed by atoms with Gasteiger partial charge in [0.1, 0.15) is 10.0 Å². The smallest absolute Gasteiger partial charge is 0.245 e. The molecule has 0 unspecified atom stereocenters. The van der Waals surface area contributed by atoms with Crippen LogP contribution >= 0.6 is 11.6 Å². The molecule has 0 fully saturated rings. The molecule has 0 aromatic carbocycles. The number of sulfonamides is 1. The first-order valence-electron chi connectivity index (χ1n) is 4.19. The van der Waals surface area contributed by atoms with Crippen molar-refractivity contribution < 1.29 is 13.5 Å². The van der Waals surface area contributed by atoms with Gasteiger partial charge in [0.15, 0.2) is 0 Å². The van der Waals surface area contributed by atoms with Crippen molar-refractivity contribution in [2.75, 3.05) is 13.2 Å². The maximum absolute atomic E-state index is 11.7. The average molecular weight is 254 g/mol. The Kier molecular flexibility index (Phi) is 3.72. The molecule has 86 valence electrons. The molecule has 2 N–H and O–H groups in total. The molecule has 0 aliphatic carbocycles. The first kappa shape index (κ1) is 12.4. The number of aryl methyl sites for hydroxylation is 2. The molecular formula is C7H12ClN3O3S. The quantitative estimate of drug-likeness (QED) is 0.768. The maximum Gasteiger partial charge on any atom is 0.245 e. The highest BCUT2D eigenvalue weighted by Crippen LogP contribution is 2.23. The number of aromatic nitrogens is 2. The van der Waals surface area contributed by atoms with Crippen molar-refractivity contribution in [1.82, 2.24) is 14.5 Å². The van der Waals surface area contributed by atoms with Crippen molar-refractivity contribution >= 4 is 21.6 Å². The summed E-state index contributed by atoms with van der Waals surface area (Å²) in [5.41, 5.74) is 0.327. The van der Waals surface area contributed by atoms with Gasteiger partial charge in [-0.25, -0.2) is 13.1 Å². The lowest BCUT2D eigenvalue weighted by Gasteiger charge is -2.04. The maximum atomic E-state index is 11.7. The number of nitrogens with one attached hydrogen (secondary N) is 1. The molecule has 15 heavy (non-hydrogen) atoms. The van der Waals surface area contributed by atoms with Crippen LogP contribution in [0, 0.1) is 6.92 Å². The lowest BCUT2D eigenvalue weighted by atomic mass is 10.5. The van der Waals surface area contributed by atoms with Crippen LogP contribution in [0.3, 0.4) is 0 Å². The van der Waals surface area contributed by atoms with Gasteiger partial charge in [-0.2, -0.15) is 5.10 Å². The van der Waals surface area contributed by atoms with E-state index in [0.717, 1.165) is 0 Å². The molecule has 1 aromatic rings. The highest BCUT2D eigenvalue weighted by molar-refractivity contribution is 7.89. The topological polar surface area (TPSA) is 84.2 Å². The van der Waals surface area contributed by atoms with E-state index in [9.17, 15) is 8.42 Å². The van der Waals surface area contributed by atoms with Gasteiger partial charge in [-0.3, -0.25) is 4.68 Å². The Labute approximate surface area is 92.9 Å². The van der Waals surface area contributed by atoms with Crippen LogP contribution < -0.4 is 4.72 Å². The van der Waals surface area contributed by atoms with Gasteiger partial charge in [-0.1, -0.05) is 11.6 Å². The van der Waals surface area contributed by atoms with Crippen LogP contribution in [0.15, 0.2) is 4.90 Å². The Balaban J connectivity index is 3.15. The van der Waals surface area contributed by atoms with Crippen LogP contribution in [0.5, 0.6) is 0 Å². The second-order valence-electron chi connectivity index (χ2n) is 2.95. The summed E-state index contributed by atoms with van der Waals surface area (Å²) in [6, 6.07) is 0. The highest BCUT2D eigenvalue weighted by atomic mass is 35.5. The van der Waals surface area contributed by atoms with E-state index in [0.29, 0.717) is 5.69 Å². The minimum atomic E-state index is -3.69. The molecule has 0 spiro atoms. The highest BCUT2D eigenvalue weighted by Gasteiger charge is 2.24. The standard InChI is InChI=1S/C7H12ClN3O3S/c1-5-6(7(8)11(2)10-5)15(13,14)9-3-4-12/h9,12H,3-4H2,1-2H3. The Morgan fingerprint density at radius 1 is 1.60 bits per heavy atom. The molecule has 1 rings (SSSR count). The fraction of sp³-hybridized carbons (Fsp3) is 0.571. The number of hydrogen-bond donors (Lipinski definition) is 2. The first-order valence-corrected chi connectivity index (χ1v) is 6.06. The van der Waals surface area contributed by atoms with Crippen LogP contribution in [0.2, 0.25) is 5.15 Å². The zero-order chi connectivity index (χ0) is 11.6. The fourth-order valence-corrected chi connectivity index (χ4v) is 2.94. The van der Waals surface area contributed by atoms with E-state index >= 15 is 0 Å².